The van der Waals surface area contributed by atoms with Gasteiger partial charge in [-0.05, 0) is 44.4 Å². The maximum Gasteiger partial charge on any atom is 0.409 e. The normalized spacial score (nSPS) is 31.4. The molecule has 0 aromatic carbocycles. The number of nitrogens with zero attached hydrogens (tertiary/aromatic N) is 5. The molecule has 24 heavy (non-hydrogen) atoms. The van der Waals surface area contributed by atoms with Crippen LogP contribution in [0.5, 0.6) is 0 Å². The Morgan fingerprint density at radius 3 is 2.71 bits per heavy atom. The number of likely N-dealkylation sites (tertiary alicyclic amines) is 2. The van der Waals surface area contributed by atoms with E-state index in [1.807, 2.05) is 22.7 Å². The highest BCUT2D eigenvalue weighted by molar-refractivity contribution is 5.68. The summed E-state index contributed by atoms with van der Waals surface area (Å²) in [5.41, 5.74) is 0.361. The average molecular weight is 333 g/mol. The predicted molar refractivity (Wildman–Crippen MR) is 88.5 cm³/mol. The third-order valence-electron chi connectivity index (χ3n) is 6.13. The van der Waals surface area contributed by atoms with Crippen molar-refractivity contribution in [2.75, 3.05) is 32.8 Å². The molecule has 3 heterocycles. The molecular weight excluding hydrogens is 306 g/mol. The van der Waals surface area contributed by atoms with Crippen molar-refractivity contribution in [3.63, 3.8) is 0 Å². The molecule has 0 bridgehead atoms. The maximum absolute atomic E-state index is 11.9. The topological polar surface area (TPSA) is 63.5 Å². The van der Waals surface area contributed by atoms with Gasteiger partial charge in [-0.3, -0.25) is 0 Å². The number of hydrogen-bond donors (Lipinski definition) is 0. The van der Waals surface area contributed by atoms with E-state index in [1.54, 1.807) is 6.20 Å². The first-order chi connectivity index (χ1) is 11.7. The van der Waals surface area contributed by atoms with Crippen LogP contribution in [0.1, 0.15) is 45.1 Å². The second kappa shape index (κ2) is 6.35. The van der Waals surface area contributed by atoms with Crippen LogP contribution in [0.4, 0.5) is 4.79 Å². The zero-order valence-electron chi connectivity index (χ0n) is 14.4. The highest BCUT2D eigenvalue weighted by Gasteiger charge is 2.51. The van der Waals surface area contributed by atoms with Crippen LogP contribution in [0.2, 0.25) is 0 Å². The first kappa shape index (κ1) is 15.9. The molecule has 0 N–H and O–H groups in total. The zero-order valence-corrected chi connectivity index (χ0v) is 14.4. The molecule has 0 atom stereocenters. The summed E-state index contributed by atoms with van der Waals surface area (Å²) in [6, 6.07) is 1.20. The van der Waals surface area contributed by atoms with Crippen molar-refractivity contribution in [3.05, 3.63) is 12.4 Å². The van der Waals surface area contributed by atoms with E-state index >= 15 is 0 Å². The molecular formula is C17H27N5O2. The molecule has 7 heteroatoms. The zero-order chi connectivity index (χ0) is 16.6. The van der Waals surface area contributed by atoms with Crippen molar-refractivity contribution < 1.29 is 9.53 Å². The third-order valence-corrected chi connectivity index (χ3v) is 6.13. The molecule has 1 aromatic rings. The van der Waals surface area contributed by atoms with Crippen LogP contribution in [0.25, 0.3) is 0 Å². The molecule has 7 nitrogen and oxygen atoms in total. The van der Waals surface area contributed by atoms with Crippen molar-refractivity contribution in [1.29, 1.82) is 0 Å². The Morgan fingerprint density at radius 1 is 1.25 bits per heavy atom. The average Bonchev–Trinajstić information content (AvgIpc) is 3.24. The van der Waals surface area contributed by atoms with E-state index < -0.39 is 0 Å². The largest absolute Gasteiger partial charge is 0.450 e. The molecule has 3 aliphatic rings. The van der Waals surface area contributed by atoms with E-state index in [-0.39, 0.29) is 6.09 Å². The van der Waals surface area contributed by atoms with Crippen molar-refractivity contribution in [2.45, 2.75) is 51.1 Å². The first-order valence-corrected chi connectivity index (χ1v) is 9.21. The SMILES string of the molecule is CCOC(=O)N1CCC2(CC(N3CCC(n4ccnn4)CC3)C2)C1. The van der Waals surface area contributed by atoms with E-state index in [0.717, 1.165) is 45.4 Å². The quantitative estimate of drug-likeness (QED) is 0.846. The standard InChI is InChI=1S/C17H27N5O2/c1-2-24-16(23)21-9-5-17(13-21)11-15(12-17)20-7-3-14(4-8-20)22-10-6-18-19-22/h6,10,14-15H,2-5,7-9,11-13H2,1H3. The lowest BCUT2D eigenvalue weighted by Gasteiger charge is -2.51. The smallest absolute Gasteiger partial charge is 0.409 e. The molecule has 1 saturated carbocycles. The Bertz CT molecular complexity index is 562. The fourth-order valence-corrected chi connectivity index (χ4v) is 4.76. The Balaban J connectivity index is 1.24. The number of piperidine rings is 1. The fourth-order valence-electron chi connectivity index (χ4n) is 4.76. The summed E-state index contributed by atoms with van der Waals surface area (Å²) >= 11 is 0. The highest BCUT2D eigenvalue weighted by atomic mass is 16.6. The van der Waals surface area contributed by atoms with Gasteiger partial charge in [-0.1, -0.05) is 5.21 Å². The summed E-state index contributed by atoms with van der Waals surface area (Å²) in [5, 5.41) is 8.06. The lowest BCUT2D eigenvalue weighted by atomic mass is 9.64. The van der Waals surface area contributed by atoms with Crippen LogP contribution in [-0.4, -0.2) is 69.7 Å². The number of hydrogen-bond acceptors (Lipinski definition) is 5. The summed E-state index contributed by atoms with van der Waals surface area (Å²) in [5.74, 6) is 0. The summed E-state index contributed by atoms with van der Waals surface area (Å²) in [6.07, 6.45) is 9.51. The van der Waals surface area contributed by atoms with Gasteiger partial charge in [0.25, 0.3) is 0 Å². The molecule has 0 unspecified atom stereocenters. The van der Waals surface area contributed by atoms with Crippen LogP contribution >= 0.6 is 0 Å². The minimum Gasteiger partial charge on any atom is -0.450 e. The third kappa shape index (κ3) is 2.90. The van der Waals surface area contributed by atoms with E-state index in [9.17, 15) is 4.79 Å². The van der Waals surface area contributed by atoms with E-state index in [2.05, 4.69) is 15.2 Å². The van der Waals surface area contributed by atoms with Crippen molar-refractivity contribution in [3.8, 4) is 0 Å². The molecule has 3 fully saturated rings. The van der Waals surface area contributed by atoms with Crippen LogP contribution in [-0.2, 0) is 4.74 Å². The van der Waals surface area contributed by atoms with Gasteiger partial charge in [0.1, 0.15) is 0 Å². The molecule has 1 aromatic heterocycles. The molecule has 2 aliphatic heterocycles. The van der Waals surface area contributed by atoms with Crippen LogP contribution in [0.3, 0.4) is 0 Å². The predicted octanol–water partition coefficient (Wildman–Crippen LogP) is 1.93. The van der Waals surface area contributed by atoms with Gasteiger partial charge in [0.2, 0.25) is 0 Å². The van der Waals surface area contributed by atoms with Crippen LogP contribution < -0.4 is 0 Å². The molecule has 1 spiro atoms. The monoisotopic (exact) mass is 333 g/mol. The van der Waals surface area contributed by atoms with Gasteiger partial charge < -0.3 is 14.5 Å². The number of aromatic nitrogens is 3. The summed E-state index contributed by atoms with van der Waals surface area (Å²) in [7, 11) is 0. The van der Waals surface area contributed by atoms with Gasteiger partial charge in [-0.2, -0.15) is 0 Å². The Morgan fingerprint density at radius 2 is 2.04 bits per heavy atom. The number of carbonyl (C=O) groups excluding carboxylic acids is 1. The minimum absolute atomic E-state index is 0.133. The van der Waals surface area contributed by atoms with Gasteiger partial charge in [0.05, 0.1) is 18.8 Å². The minimum atomic E-state index is -0.133. The number of carbonyl (C=O) groups is 1. The van der Waals surface area contributed by atoms with Crippen molar-refractivity contribution in [2.24, 2.45) is 5.41 Å². The Labute approximate surface area is 142 Å². The van der Waals surface area contributed by atoms with Gasteiger partial charge >= 0.3 is 6.09 Å². The highest BCUT2D eigenvalue weighted by Crippen LogP contribution is 2.50. The van der Waals surface area contributed by atoms with Gasteiger partial charge in [0.15, 0.2) is 0 Å². The number of amides is 1. The van der Waals surface area contributed by atoms with Crippen molar-refractivity contribution >= 4 is 6.09 Å². The molecule has 1 amide bonds. The number of rotatable bonds is 3. The second-order valence-corrected chi connectivity index (χ2v) is 7.58. The lowest BCUT2D eigenvalue weighted by Crippen LogP contribution is -2.54. The molecule has 2 saturated heterocycles. The first-order valence-electron chi connectivity index (χ1n) is 9.21. The van der Waals surface area contributed by atoms with Gasteiger partial charge in [-0.25, -0.2) is 9.48 Å². The molecule has 4 rings (SSSR count). The van der Waals surface area contributed by atoms with E-state index in [0.29, 0.717) is 24.1 Å². The van der Waals surface area contributed by atoms with Crippen LogP contribution in [0.15, 0.2) is 12.4 Å². The number of ether oxygens (including phenoxy) is 1. The van der Waals surface area contributed by atoms with Gasteiger partial charge in [0, 0.05) is 38.4 Å². The summed E-state index contributed by atoms with van der Waals surface area (Å²) < 4.78 is 7.15. The van der Waals surface area contributed by atoms with Gasteiger partial charge in [-0.15, -0.1) is 5.10 Å². The fraction of sp³-hybridized carbons (Fsp3) is 0.824. The summed E-state index contributed by atoms with van der Waals surface area (Å²) in [6.45, 7) is 6.37. The second-order valence-electron chi connectivity index (χ2n) is 7.58. The summed E-state index contributed by atoms with van der Waals surface area (Å²) in [4.78, 5) is 16.4. The Kier molecular flexibility index (Phi) is 4.20. The lowest BCUT2D eigenvalue weighted by molar-refractivity contribution is -0.00908. The van der Waals surface area contributed by atoms with Crippen molar-refractivity contribution in [1.82, 2.24) is 24.8 Å². The van der Waals surface area contributed by atoms with E-state index in [1.165, 1.54) is 12.8 Å². The molecule has 0 radical (unpaired) electrons. The van der Waals surface area contributed by atoms with E-state index in [4.69, 9.17) is 4.74 Å². The van der Waals surface area contributed by atoms with Crippen LogP contribution in [0, 0.1) is 5.41 Å². The molecule has 1 aliphatic carbocycles. The Hall–Kier alpha value is -1.63. The maximum atomic E-state index is 11.9. The molecule has 132 valence electrons.